The minimum Gasteiger partial charge on any atom is -0.393 e. The number of hydrogen-bond donors (Lipinski definition) is 0. The molecule has 0 aromatic rings. The molecule has 0 aromatic carbocycles. The molecule has 0 radical (unpaired) electrons. The summed E-state index contributed by atoms with van der Waals surface area (Å²) in [6, 6.07) is 0. The molecule has 6 nitrogen and oxygen atoms in total. The van der Waals surface area contributed by atoms with E-state index in [1.807, 2.05) is 0 Å². The molecule has 0 saturated carbocycles. The van der Waals surface area contributed by atoms with Gasteiger partial charge in [-0.1, -0.05) is 0 Å². The zero-order valence-electron chi connectivity index (χ0n) is 8.66. The van der Waals surface area contributed by atoms with Crippen LogP contribution in [0.15, 0.2) is 0 Å². The highest BCUT2D eigenvalue weighted by Crippen LogP contribution is 2.17. The maximum absolute atomic E-state index is 11.1. The molecule has 14 heavy (non-hydrogen) atoms. The van der Waals surface area contributed by atoms with Gasteiger partial charge in [0.1, 0.15) is 6.42 Å². The van der Waals surface area contributed by atoms with Crippen LogP contribution in [0.5, 0.6) is 0 Å². The SMILES string of the molecule is COC(CC(=O)OC(C)=O)(OC)OC. The summed E-state index contributed by atoms with van der Waals surface area (Å²) in [5.41, 5.74) is 0. The molecule has 0 saturated heterocycles. The third-order valence-electron chi connectivity index (χ3n) is 1.55. The maximum atomic E-state index is 11.1. The molecule has 0 aliphatic carbocycles. The van der Waals surface area contributed by atoms with Crippen molar-refractivity contribution in [3.05, 3.63) is 0 Å². The van der Waals surface area contributed by atoms with Crippen LogP contribution in [0.3, 0.4) is 0 Å². The number of carbonyl (C=O) groups excluding carboxylic acids is 2. The highest BCUT2D eigenvalue weighted by molar-refractivity contribution is 5.84. The summed E-state index contributed by atoms with van der Waals surface area (Å²) in [4.78, 5) is 21.5. The fourth-order valence-electron chi connectivity index (χ4n) is 0.840. The average molecular weight is 206 g/mol. The van der Waals surface area contributed by atoms with Gasteiger partial charge >= 0.3 is 11.9 Å². The largest absolute Gasteiger partial charge is 0.393 e. The van der Waals surface area contributed by atoms with E-state index in [2.05, 4.69) is 4.74 Å². The Kier molecular flexibility index (Phi) is 5.29. The normalized spacial score (nSPS) is 11.1. The van der Waals surface area contributed by atoms with E-state index in [-0.39, 0.29) is 6.42 Å². The van der Waals surface area contributed by atoms with Gasteiger partial charge in [0.15, 0.2) is 0 Å². The van der Waals surface area contributed by atoms with E-state index in [0.29, 0.717) is 0 Å². The third kappa shape index (κ3) is 3.82. The molecular weight excluding hydrogens is 192 g/mol. The molecule has 0 heterocycles. The van der Waals surface area contributed by atoms with Crippen LogP contribution in [0, 0.1) is 0 Å². The number of methoxy groups -OCH3 is 3. The van der Waals surface area contributed by atoms with E-state index in [1.54, 1.807) is 0 Å². The van der Waals surface area contributed by atoms with Crippen LogP contribution in [-0.4, -0.2) is 39.2 Å². The van der Waals surface area contributed by atoms with Gasteiger partial charge in [0.25, 0.3) is 5.97 Å². The van der Waals surface area contributed by atoms with E-state index in [4.69, 9.17) is 14.2 Å². The minimum atomic E-state index is -1.49. The van der Waals surface area contributed by atoms with Crippen LogP contribution < -0.4 is 0 Å². The first-order valence-electron chi connectivity index (χ1n) is 3.86. The van der Waals surface area contributed by atoms with Crippen LogP contribution in [0.25, 0.3) is 0 Å². The lowest BCUT2D eigenvalue weighted by Gasteiger charge is -2.27. The lowest BCUT2D eigenvalue weighted by Crippen LogP contribution is -2.39. The lowest BCUT2D eigenvalue weighted by atomic mass is 10.3. The summed E-state index contributed by atoms with van der Waals surface area (Å²) in [5, 5.41) is 0. The molecule has 0 atom stereocenters. The molecule has 0 aliphatic heterocycles. The minimum absolute atomic E-state index is 0.323. The number of hydrogen-bond acceptors (Lipinski definition) is 6. The Labute approximate surface area is 82.1 Å². The standard InChI is InChI=1S/C8H14O6/c1-6(9)14-7(10)5-8(11-2,12-3)13-4/h5H2,1-4H3. The first kappa shape index (κ1) is 13.0. The van der Waals surface area contributed by atoms with E-state index < -0.39 is 17.9 Å². The van der Waals surface area contributed by atoms with Gasteiger partial charge in [-0.2, -0.15) is 0 Å². The van der Waals surface area contributed by atoms with Crippen LogP contribution in [-0.2, 0) is 28.5 Å². The van der Waals surface area contributed by atoms with Crippen molar-refractivity contribution in [3.63, 3.8) is 0 Å². The van der Waals surface area contributed by atoms with E-state index in [9.17, 15) is 9.59 Å². The zero-order valence-corrected chi connectivity index (χ0v) is 8.66. The monoisotopic (exact) mass is 206 g/mol. The second-order valence-electron chi connectivity index (χ2n) is 2.44. The van der Waals surface area contributed by atoms with Crippen LogP contribution >= 0.6 is 0 Å². The van der Waals surface area contributed by atoms with Crippen molar-refractivity contribution in [1.82, 2.24) is 0 Å². The van der Waals surface area contributed by atoms with Gasteiger partial charge < -0.3 is 18.9 Å². The van der Waals surface area contributed by atoms with E-state index in [1.165, 1.54) is 21.3 Å². The zero-order chi connectivity index (χ0) is 11.2. The van der Waals surface area contributed by atoms with Crippen molar-refractivity contribution < 1.29 is 28.5 Å². The number of carbonyl (C=O) groups is 2. The number of rotatable bonds is 5. The first-order valence-corrected chi connectivity index (χ1v) is 3.86. The molecule has 0 amide bonds. The predicted octanol–water partition coefficient (Wildman–Crippen LogP) is 0.0592. The van der Waals surface area contributed by atoms with Crippen molar-refractivity contribution >= 4 is 11.9 Å². The molecule has 0 unspecified atom stereocenters. The molecule has 6 heteroatoms. The topological polar surface area (TPSA) is 71.1 Å². The van der Waals surface area contributed by atoms with Gasteiger partial charge in [0.05, 0.1) is 0 Å². The van der Waals surface area contributed by atoms with Gasteiger partial charge in [0.2, 0.25) is 0 Å². The van der Waals surface area contributed by atoms with Gasteiger partial charge in [-0.25, -0.2) is 0 Å². The molecule has 0 aromatic heterocycles. The van der Waals surface area contributed by atoms with Crippen LogP contribution in [0.2, 0.25) is 0 Å². The van der Waals surface area contributed by atoms with Crippen LogP contribution in [0.4, 0.5) is 0 Å². The molecule has 0 spiro atoms. The summed E-state index contributed by atoms with van der Waals surface area (Å²) in [7, 11) is 3.94. The summed E-state index contributed by atoms with van der Waals surface area (Å²) < 4.78 is 18.8. The number of esters is 2. The smallest absolute Gasteiger partial charge is 0.321 e. The second-order valence-corrected chi connectivity index (χ2v) is 2.44. The lowest BCUT2D eigenvalue weighted by molar-refractivity contribution is -0.351. The van der Waals surface area contributed by atoms with E-state index >= 15 is 0 Å². The number of ether oxygens (including phenoxy) is 4. The maximum Gasteiger partial charge on any atom is 0.321 e. The van der Waals surface area contributed by atoms with Crippen molar-refractivity contribution in [2.75, 3.05) is 21.3 Å². The molecule has 0 bridgehead atoms. The van der Waals surface area contributed by atoms with Gasteiger partial charge in [-0.15, -0.1) is 0 Å². The Balaban J connectivity index is 4.29. The fourth-order valence-corrected chi connectivity index (χ4v) is 0.840. The summed E-state index contributed by atoms with van der Waals surface area (Å²) >= 11 is 0. The second kappa shape index (κ2) is 5.69. The van der Waals surface area contributed by atoms with E-state index in [0.717, 1.165) is 6.92 Å². The van der Waals surface area contributed by atoms with Crippen molar-refractivity contribution in [2.45, 2.75) is 19.3 Å². The molecule has 82 valence electrons. The van der Waals surface area contributed by atoms with Gasteiger partial charge in [-0.3, -0.25) is 9.59 Å². The summed E-state index contributed by atoms with van der Waals surface area (Å²) in [5.74, 6) is -2.96. The molecule has 0 rings (SSSR count). The van der Waals surface area contributed by atoms with Crippen molar-refractivity contribution in [2.24, 2.45) is 0 Å². The highest BCUT2D eigenvalue weighted by Gasteiger charge is 2.34. The third-order valence-corrected chi connectivity index (χ3v) is 1.55. The Morgan fingerprint density at radius 2 is 1.50 bits per heavy atom. The van der Waals surface area contributed by atoms with Gasteiger partial charge in [0, 0.05) is 28.3 Å². The van der Waals surface area contributed by atoms with Crippen molar-refractivity contribution in [1.29, 1.82) is 0 Å². The Morgan fingerprint density at radius 3 is 1.79 bits per heavy atom. The Bertz CT molecular complexity index is 200. The first-order chi connectivity index (χ1) is 6.49. The van der Waals surface area contributed by atoms with Gasteiger partial charge in [-0.05, 0) is 0 Å². The summed E-state index contributed by atoms with van der Waals surface area (Å²) in [6.45, 7) is 1.13. The Hall–Kier alpha value is -0.980. The quantitative estimate of drug-likeness (QED) is 0.360. The Morgan fingerprint density at radius 1 is 1.07 bits per heavy atom. The molecule has 0 N–H and O–H groups in total. The van der Waals surface area contributed by atoms with Crippen LogP contribution in [0.1, 0.15) is 13.3 Å². The molecule has 0 aliphatic rings. The predicted molar refractivity (Wildman–Crippen MR) is 45.1 cm³/mol. The summed E-state index contributed by atoms with van der Waals surface area (Å²) in [6.07, 6.45) is -0.323. The highest BCUT2D eigenvalue weighted by atomic mass is 16.9. The molecule has 0 fully saturated rings. The average Bonchev–Trinajstić information content (AvgIpc) is 2.13. The van der Waals surface area contributed by atoms with Crippen molar-refractivity contribution in [3.8, 4) is 0 Å². The molecular formula is C8H14O6. The fraction of sp³-hybridized carbons (Fsp3) is 0.750.